The van der Waals surface area contributed by atoms with Crippen molar-refractivity contribution in [3.63, 3.8) is 0 Å². The second-order valence-corrected chi connectivity index (χ2v) is 4.86. The van der Waals surface area contributed by atoms with Crippen molar-refractivity contribution in [2.45, 2.75) is 11.5 Å². The predicted octanol–water partition coefficient (Wildman–Crippen LogP) is 2.06. The summed E-state index contributed by atoms with van der Waals surface area (Å²) < 4.78 is 12.9. The van der Waals surface area contributed by atoms with Crippen LogP contribution < -0.4 is 4.74 Å². The molecule has 0 amide bonds. The second kappa shape index (κ2) is 6.35. The number of ether oxygens (including phenoxy) is 1. The van der Waals surface area contributed by atoms with Crippen LogP contribution in [-0.2, 0) is 2.77 Å². The summed E-state index contributed by atoms with van der Waals surface area (Å²) in [5, 5.41) is 0. The van der Waals surface area contributed by atoms with Crippen LogP contribution in [0.15, 0.2) is 24.3 Å². The topological polar surface area (TPSA) is 18.5 Å². The van der Waals surface area contributed by atoms with Gasteiger partial charge in [-0.1, -0.05) is 0 Å². The van der Waals surface area contributed by atoms with Gasteiger partial charge in [-0.2, -0.15) is 0 Å². The van der Waals surface area contributed by atoms with Crippen molar-refractivity contribution in [2.75, 3.05) is 13.2 Å². The van der Waals surface area contributed by atoms with Crippen LogP contribution in [0.2, 0.25) is 4.58 Å². The molecule has 0 saturated carbocycles. The molecule has 0 bridgehead atoms. The van der Waals surface area contributed by atoms with Crippen molar-refractivity contribution in [1.29, 1.82) is 0 Å². The average Bonchev–Trinajstić information content (AvgIpc) is 2.15. The van der Waals surface area contributed by atoms with E-state index >= 15 is 0 Å². The maximum absolute atomic E-state index is 5.46. The standard InChI is InChI=1S/C9H11O2.CH3.Po/c1-8-2-4-9(5-3-8)11-7-6-10;;/h2-5H,6-7H2,1H3;1H3;/q-1;;+1. The number of benzene rings is 1. The summed E-state index contributed by atoms with van der Waals surface area (Å²) in [6.45, 7) is 3.46. The zero-order chi connectivity index (χ0) is 9.52. The molecular weight excluding hydrogens is 361 g/mol. The van der Waals surface area contributed by atoms with Crippen LogP contribution in [0.3, 0.4) is 0 Å². The minimum absolute atomic E-state index is 0.477. The summed E-state index contributed by atoms with van der Waals surface area (Å²) >= 11 is -0.477. The Morgan fingerprint density at radius 3 is 2.46 bits per heavy atom. The molecule has 0 aliphatic carbocycles. The SMILES string of the molecule is [CH3][Po][O]CCOc1ccc(C)cc1. The molecule has 3 heteroatoms. The van der Waals surface area contributed by atoms with E-state index in [0.29, 0.717) is 6.61 Å². The third-order valence-corrected chi connectivity index (χ3v) is 3.14. The first-order valence-corrected chi connectivity index (χ1v) is 8.65. The Balaban J connectivity index is 2.25. The van der Waals surface area contributed by atoms with Crippen LogP contribution in [0, 0.1) is 6.92 Å². The first-order chi connectivity index (χ1) is 6.33. The molecule has 0 unspecified atom stereocenters. The molecule has 0 atom stereocenters. The molecule has 0 N–H and O–H groups in total. The Morgan fingerprint density at radius 1 is 1.15 bits per heavy atom. The van der Waals surface area contributed by atoms with E-state index in [0.717, 1.165) is 12.4 Å². The van der Waals surface area contributed by atoms with Crippen molar-refractivity contribution in [3.05, 3.63) is 29.8 Å². The molecule has 0 spiro atoms. The molecule has 0 heterocycles. The first kappa shape index (κ1) is 11.0. The van der Waals surface area contributed by atoms with E-state index in [-0.39, 0.29) is 0 Å². The predicted molar refractivity (Wildman–Crippen MR) is 54.2 cm³/mol. The fourth-order valence-electron chi connectivity index (χ4n) is 0.911. The van der Waals surface area contributed by atoms with Crippen LogP contribution in [0.4, 0.5) is 0 Å². The molecule has 0 aromatic heterocycles. The number of aryl methyl sites for hydroxylation is 1. The fourth-order valence-corrected chi connectivity index (χ4v) is 1.82. The summed E-state index contributed by atoms with van der Waals surface area (Å²) in [5.41, 5.74) is 1.26. The van der Waals surface area contributed by atoms with E-state index in [1.54, 1.807) is 0 Å². The molecule has 0 saturated heterocycles. The molecule has 1 aromatic carbocycles. The summed E-state index contributed by atoms with van der Waals surface area (Å²) in [4.78, 5) is 0. The summed E-state index contributed by atoms with van der Waals surface area (Å²) in [7, 11) is 0. The van der Waals surface area contributed by atoms with Gasteiger partial charge in [-0.15, -0.1) is 0 Å². The van der Waals surface area contributed by atoms with Crippen molar-refractivity contribution < 1.29 is 7.51 Å². The molecule has 13 heavy (non-hydrogen) atoms. The first-order valence-electron chi connectivity index (χ1n) is 4.18. The quantitative estimate of drug-likeness (QED) is 0.734. The number of hydrogen-bond acceptors (Lipinski definition) is 2. The van der Waals surface area contributed by atoms with Gasteiger partial charge in [-0.05, 0) is 0 Å². The third kappa shape index (κ3) is 4.60. The van der Waals surface area contributed by atoms with E-state index in [9.17, 15) is 0 Å². The Bertz CT molecular complexity index is 233. The molecule has 0 radical (unpaired) electrons. The molecular formula is C10H14O2Po. The van der Waals surface area contributed by atoms with Crippen molar-refractivity contribution in [1.82, 2.24) is 0 Å². The summed E-state index contributed by atoms with van der Waals surface area (Å²) in [6.07, 6.45) is 0. The molecule has 0 aliphatic rings. The normalized spacial score (nSPS) is 10.0. The van der Waals surface area contributed by atoms with Gasteiger partial charge in [0.2, 0.25) is 0 Å². The van der Waals surface area contributed by atoms with E-state index in [1.165, 1.54) is 5.56 Å². The van der Waals surface area contributed by atoms with Gasteiger partial charge >= 0.3 is 91.8 Å². The molecule has 0 aliphatic heterocycles. The molecule has 72 valence electrons. The summed E-state index contributed by atoms with van der Waals surface area (Å²) in [5.74, 6) is 0.926. The van der Waals surface area contributed by atoms with Crippen LogP contribution >= 0.6 is 0 Å². The van der Waals surface area contributed by atoms with Gasteiger partial charge in [-0.25, -0.2) is 0 Å². The molecule has 2 nitrogen and oxygen atoms in total. The van der Waals surface area contributed by atoms with Gasteiger partial charge < -0.3 is 0 Å². The molecule has 1 rings (SSSR count). The summed E-state index contributed by atoms with van der Waals surface area (Å²) in [6, 6.07) is 8.07. The van der Waals surface area contributed by atoms with Gasteiger partial charge in [0, 0.05) is 0 Å². The van der Waals surface area contributed by atoms with Gasteiger partial charge in [0.25, 0.3) is 0 Å². The Labute approximate surface area is 91.7 Å². The Morgan fingerprint density at radius 2 is 1.85 bits per heavy atom. The van der Waals surface area contributed by atoms with Crippen molar-refractivity contribution >= 4 is 24.0 Å². The van der Waals surface area contributed by atoms with E-state index in [1.807, 2.05) is 24.3 Å². The third-order valence-electron chi connectivity index (χ3n) is 1.57. The van der Waals surface area contributed by atoms with Crippen molar-refractivity contribution in [2.24, 2.45) is 0 Å². The van der Waals surface area contributed by atoms with Crippen LogP contribution in [0.25, 0.3) is 0 Å². The minimum atomic E-state index is -0.477. The Hall–Kier alpha value is -0.124. The van der Waals surface area contributed by atoms with Gasteiger partial charge in [0.1, 0.15) is 0 Å². The fraction of sp³-hybridized carbons (Fsp3) is 0.400. The second-order valence-electron chi connectivity index (χ2n) is 2.65. The van der Waals surface area contributed by atoms with E-state index < -0.39 is 24.0 Å². The zero-order valence-electron chi connectivity index (χ0n) is 7.95. The average molecular weight is 375 g/mol. The maximum atomic E-state index is 5.46. The monoisotopic (exact) mass is 375 g/mol. The number of hydrogen-bond donors (Lipinski definition) is 0. The van der Waals surface area contributed by atoms with Gasteiger partial charge in [-0.3, -0.25) is 0 Å². The van der Waals surface area contributed by atoms with Gasteiger partial charge in [0.15, 0.2) is 0 Å². The van der Waals surface area contributed by atoms with Gasteiger partial charge in [0.05, 0.1) is 0 Å². The zero-order valence-corrected chi connectivity index (χ0v) is 11.1. The van der Waals surface area contributed by atoms with Crippen LogP contribution in [0.5, 0.6) is 5.75 Å². The van der Waals surface area contributed by atoms with E-state index in [4.69, 9.17) is 7.51 Å². The number of rotatable bonds is 5. The van der Waals surface area contributed by atoms with E-state index in [2.05, 4.69) is 11.5 Å². The van der Waals surface area contributed by atoms with Crippen molar-refractivity contribution in [3.8, 4) is 5.75 Å². The Kier molecular flexibility index (Phi) is 5.35. The van der Waals surface area contributed by atoms with Crippen LogP contribution in [-0.4, -0.2) is 37.2 Å². The molecule has 1 aromatic rings. The van der Waals surface area contributed by atoms with Crippen LogP contribution in [0.1, 0.15) is 5.56 Å². The molecule has 0 fully saturated rings.